The molecule has 7 heteroatoms. The minimum absolute atomic E-state index is 0.199. The zero-order valence-corrected chi connectivity index (χ0v) is 18.9. The molecule has 3 aromatic carbocycles. The van der Waals surface area contributed by atoms with Crippen molar-refractivity contribution in [3.05, 3.63) is 66.2 Å². The molecule has 3 rings (SSSR count). The highest BCUT2D eigenvalue weighted by Gasteiger charge is 2.20. The maximum atomic E-state index is 12.9. The predicted octanol–water partition coefficient (Wildman–Crippen LogP) is 4.91. The number of nitrogens with zero attached hydrogens (tertiary/aromatic N) is 1. The van der Waals surface area contributed by atoms with Crippen LogP contribution in [0.25, 0.3) is 10.8 Å². The summed E-state index contributed by atoms with van der Waals surface area (Å²) in [6.07, 6.45) is 1.72. The van der Waals surface area contributed by atoms with Gasteiger partial charge in [-0.05, 0) is 60.5 Å². The Morgan fingerprint density at radius 3 is 2.26 bits per heavy atom. The van der Waals surface area contributed by atoms with Crippen molar-refractivity contribution in [3.63, 3.8) is 0 Å². The molecule has 164 valence electrons. The van der Waals surface area contributed by atoms with Crippen molar-refractivity contribution in [2.75, 3.05) is 25.5 Å². The Morgan fingerprint density at radius 1 is 1.00 bits per heavy atom. The van der Waals surface area contributed by atoms with Gasteiger partial charge in [0.1, 0.15) is 5.75 Å². The minimum Gasteiger partial charge on any atom is -0.493 e. The number of ether oxygens (including phenoxy) is 1. The molecule has 0 bridgehead atoms. The second-order valence-corrected chi connectivity index (χ2v) is 9.33. The van der Waals surface area contributed by atoms with E-state index in [9.17, 15) is 13.2 Å². The lowest BCUT2D eigenvalue weighted by molar-refractivity contribution is 0.102. The summed E-state index contributed by atoms with van der Waals surface area (Å²) < 4.78 is 32.3. The first-order valence-electron chi connectivity index (χ1n) is 10.4. The van der Waals surface area contributed by atoms with Gasteiger partial charge in [0, 0.05) is 19.3 Å². The lowest BCUT2D eigenvalue weighted by atomic mass is 10.1. The second-order valence-electron chi connectivity index (χ2n) is 7.29. The molecule has 0 aromatic heterocycles. The topological polar surface area (TPSA) is 75.7 Å². The SMILES string of the molecule is CCCCN(C)S(=O)(=O)c1ccc(NC(=O)c2cc3ccccc3cc2OCC)cc1. The number of carbonyl (C=O) groups is 1. The van der Waals surface area contributed by atoms with Crippen molar-refractivity contribution < 1.29 is 17.9 Å². The largest absolute Gasteiger partial charge is 0.493 e. The molecule has 0 radical (unpaired) electrons. The van der Waals surface area contributed by atoms with Crippen LogP contribution in [0.5, 0.6) is 5.75 Å². The van der Waals surface area contributed by atoms with Gasteiger partial charge in [-0.2, -0.15) is 0 Å². The standard InChI is InChI=1S/C24H28N2O4S/c1-4-6-15-26(3)31(28,29)21-13-11-20(12-14-21)25-24(27)22-16-18-9-7-8-10-19(18)17-23(22)30-5-2/h7-14,16-17H,4-6,15H2,1-3H3,(H,25,27). The number of benzene rings is 3. The molecule has 1 N–H and O–H groups in total. The minimum atomic E-state index is -3.55. The first kappa shape index (κ1) is 22.8. The summed E-state index contributed by atoms with van der Waals surface area (Å²) in [6, 6.07) is 17.6. The van der Waals surface area contributed by atoms with Crippen LogP contribution in [0.2, 0.25) is 0 Å². The van der Waals surface area contributed by atoms with Gasteiger partial charge in [0.2, 0.25) is 10.0 Å². The molecule has 0 saturated heterocycles. The Bertz CT molecular complexity index is 1160. The molecule has 0 aliphatic carbocycles. The van der Waals surface area contributed by atoms with Gasteiger partial charge in [0.15, 0.2) is 0 Å². The summed E-state index contributed by atoms with van der Waals surface area (Å²) in [4.78, 5) is 13.1. The normalized spacial score (nSPS) is 11.6. The Morgan fingerprint density at radius 2 is 1.65 bits per heavy atom. The Hall–Kier alpha value is -2.90. The van der Waals surface area contributed by atoms with Gasteiger partial charge in [0.05, 0.1) is 17.1 Å². The van der Waals surface area contributed by atoms with Crippen LogP contribution in [-0.2, 0) is 10.0 Å². The van der Waals surface area contributed by atoms with E-state index in [0.29, 0.717) is 30.2 Å². The lowest BCUT2D eigenvalue weighted by Crippen LogP contribution is -2.27. The molecular formula is C24H28N2O4S. The average molecular weight is 441 g/mol. The Labute approximate surface area is 183 Å². The summed E-state index contributed by atoms with van der Waals surface area (Å²) in [5.74, 6) is 0.195. The third-order valence-electron chi connectivity index (χ3n) is 5.04. The fourth-order valence-electron chi connectivity index (χ4n) is 3.26. The summed E-state index contributed by atoms with van der Waals surface area (Å²) in [5.41, 5.74) is 0.937. The molecule has 0 heterocycles. The van der Waals surface area contributed by atoms with Gasteiger partial charge in [-0.15, -0.1) is 0 Å². The number of carbonyl (C=O) groups excluding carboxylic acids is 1. The number of hydrogen-bond acceptors (Lipinski definition) is 4. The Balaban J connectivity index is 1.82. The summed E-state index contributed by atoms with van der Waals surface area (Å²) >= 11 is 0. The van der Waals surface area contributed by atoms with Crippen LogP contribution in [-0.4, -0.2) is 38.8 Å². The zero-order valence-electron chi connectivity index (χ0n) is 18.1. The van der Waals surface area contributed by atoms with Gasteiger partial charge in [-0.25, -0.2) is 12.7 Å². The second kappa shape index (κ2) is 9.94. The molecule has 6 nitrogen and oxygen atoms in total. The number of anilines is 1. The van der Waals surface area contributed by atoms with E-state index in [-0.39, 0.29) is 10.8 Å². The number of unbranched alkanes of at least 4 members (excludes halogenated alkanes) is 1. The smallest absolute Gasteiger partial charge is 0.259 e. The van der Waals surface area contributed by atoms with E-state index in [4.69, 9.17) is 4.74 Å². The highest BCUT2D eigenvalue weighted by Crippen LogP contribution is 2.27. The average Bonchev–Trinajstić information content (AvgIpc) is 2.77. The van der Waals surface area contributed by atoms with Gasteiger partial charge >= 0.3 is 0 Å². The van der Waals surface area contributed by atoms with Crippen LogP contribution in [0, 0.1) is 0 Å². The van der Waals surface area contributed by atoms with Gasteiger partial charge in [0.25, 0.3) is 5.91 Å². The van der Waals surface area contributed by atoms with E-state index in [1.165, 1.54) is 16.4 Å². The molecule has 0 atom stereocenters. The van der Waals surface area contributed by atoms with Crippen molar-refractivity contribution in [3.8, 4) is 5.75 Å². The van der Waals surface area contributed by atoms with Crippen LogP contribution in [0.15, 0.2) is 65.6 Å². The van der Waals surface area contributed by atoms with E-state index >= 15 is 0 Å². The molecule has 0 aliphatic rings. The van der Waals surface area contributed by atoms with Crippen molar-refractivity contribution >= 4 is 32.4 Å². The molecule has 0 fully saturated rings. The van der Waals surface area contributed by atoms with Crippen LogP contribution in [0.3, 0.4) is 0 Å². The summed E-state index contributed by atoms with van der Waals surface area (Å²) in [6.45, 7) is 4.80. The van der Waals surface area contributed by atoms with Gasteiger partial charge in [-0.1, -0.05) is 37.6 Å². The maximum absolute atomic E-state index is 12.9. The fraction of sp³-hybridized carbons (Fsp3) is 0.292. The number of hydrogen-bond donors (Lipinski definition) is 1. The van der Waals surface area contributed by atoms with Crippen LogP contribution < -0.4 is 10.1 Å². The number of rotatable bonds is 9. The molecule has 31 heavy (non-hydrogen) atoms. The van der Waals surface area contributed by atoms with Crippen LogP contribution >= 0.6 is 0 Å². The molecule has 0 unspecified atom stereocenters. The maximum Gasteiger partial charge on any atom is 0.259 e. The quantitative estimate of drug-likeness (QED) is 0.513. The van der Waals surface area contributed by atoms with Gasteiger partial charge < -0.3 is 10.1 Å². The monoisotopic (exact) mass is 440 g/mol. The summed E-state index contributed by atoms with van der Waals surface area (Å²) in [7, 11) is -1.97. The van der Waals surface area contributed by atoms with Crippen molar-refractivity contribution in [1.82, 2.24) is 4.31 Å². The number of fused-ring (bicyclic) bond motifs is 1. The highest BCUT2D eigenvalue weighted by molar-refractivity contribution is 7.89. The van der Waals surface area contributed by atoms with Gasteiger partial charge in [-0.3, -0.25) is 4.79 Å². The van der Waals surface area contributed by atoms with Crippen LogP contribution in [0.1, 0.15) is 37.0 Å². The highest BCUT2D eigenvalue weighted by atomic mass is 32.2. The molecule has 1 amide bonds. The fourth-order valence-corrected chi connectivity index (χ4v) is 4.47. The number of nitrogens with one attached hydrogen (secondary N) is 1. The third kappa shape index (κ3) is 5.24. The van der Waals surface area contributed by atoms with E-state index in [0.717, 1.165) is 23.6 Å². The zero-order chi connectivity index (χ0) is 22.4. The van der Waals surface area contributed by atoms with E-state index in [1.54, 1.807) is 25.2 Å². The lowest BCUT2D eigenvalue weighted by Gasteiger charge is -2.17. The van der Waals surface area contributed by atoms with Crippen molar-refractivity contribution in [2.24, 2.45) is 0 Å². The third-order valence-corrected chi connectivity index (χ3v) is 6.91. The molecule has 3 aromatic rings. The first-order chi connectivity index (χ1) is 14.9. The number of amides is 1. The van der Waals surface area contributed by atoms with E-state index in [2.05, 4.69) is 5.32 Å². The molecule has 0 spiro atoms. The van der Waals surface area contributed by atoms with Crippen molar-refractivity contribution in [2.45, 2.75) is 31.6 Å². The molecule has 0 aliphatic heterocycles. The molecular weight excluding hydrogens is 412 g/mol. The van der Waals surface area contributed by atoms with Crippen LogP contribution in [0.4, 0.5) is 5.69 Å². The molecule has 0 saturated carbocycles. The number of sulfonamides is 1. The van der Waals surface area contributed by atoms with E-state index in [1.807, 2.05) is 44.2 Å². The first-order valence-corrected chi connectivity index (χ1v) is 11.8. The van der Waals surface area contributed by atoms with E-state index < -0.39 is 10.0 Å². The van der Waals surface area contributed by atoms with Crippen molar-refractivity contribution in [1.29, 1.82) is 0 Å². The summed E-state index contributed by atoms with van der Waals surface area (Å²) in [5, 5.41) is 4.76. The predicted molar refractivity (Wildman–Crippen MR) is 124 cm³/mol. The Kier molecular flexibility index (Phi) is 7.30.